The van der Waals surface area contributed by atoms with E-state index in [1.54, 1.807) is 24.4 Å². The van der Waals surface area contributed by atoms with Crippen molar-refractivity contribution in [1.29, 1.82) is 0 Å². The van der Waals surface area contributed by atoms with Gasteiger partial charge in [0.1, 0.15) is 0 Å². The van der Waals surface area contributed by atoms with Crippen LogP contribution < -0.4 is 0 Å². The SMILES string of the molecule is OC(/C=C/c1ccc(C=Cc2cccnc2)cc1)c1cccc(Cl)c1. The summed E-state index contributed by atoms with van der Waals surface area (Å²) in [4.78, 5) is 4.09. The van der Waals surface area contributed by atoms with Crippen LogP contribution in [0.2, 0.25) is 5.02 Å². The molecule has 0 aliphatic rings. The fraction of sp³-hybridized carbons (Fsp3) is 0.0455. The highest BCUT2D eigenvalue weighted by Gasteiger charge is 2.03. The van der Waals surface area contributed by atoms with Gasteiger partial charge in [0.25, 0.3) is 0 Å². The Hall–Kier alpha value is -2.68. The summed E-state index contributed by atoms with van der Waals surface area (Å²) in [5.41, 5.74) is 3.98. The van der Waals surface area contributed by atoms with Crippen LogP contribution in [0.5, 0.6) is 0 Å². The molecular formula is C22H18ClNO. The van der Waals surface area contributed by atoms with Crippen LogP contribution in [0, 0.1) is 0 Å². The average Bonchev–Trinajstić information content (AvgIpc) is 2.66. The molecule has 1 heterocycles. The fourth-order valence-corrected chi connectivity index (χ4v) is 2.59. The molecule has 0 spiro atoms. The Bertz CT molecular complexity index is 870. The summed E-state index contributed by atoms with van der Waals surface area (Å²) in [6, 6.07) is 19.3. The number of benzene rings is 2. The van der Waals surface area contributed by atoms with Gasteiger partial charge in [0.15, 0.2) is 0 Å². The Kier molecular flexibility index (Phi) is 5.78. The predicted octanol–water partition coefficient (Wildman–Crippen LogP) is 5.65. The molecule has 2 aromatic carbocycles. The van der Waals surface area contributed by atoms with Crippen LogP contribution in [0.25, 0.3) is 18.2 Å². The molecule has 1 N–H and O–H groups in total. The summed E-state index contributed by atoms with van der Waals surface area (Å²) in [6.45, 7) is 0. The van der Waals surface area contributed by atoms with Crippen LogP contribution in [0.3, 0.4) is 0 Å². The first kappa shape index (κ1) is 17.2. The van der Waals surface area contributed by atoms with Crippen LogP contribution in [0.1, 0.15) is 28.4 Å². The van der Waals surface area contributed by atoms with E-state index >= 15 is 0 Å². The van der Waals surface area contributed by atoms with Gasteiger partial charge in [-0.1, -0.05) is 78.4 Å². The molecule has 124 valence electrons. The lowest BCUT2D eigenvalue weighted by atomic mass is 10.1. The van der Waals surface area contributed by atoms with E-state index in [4.69, 9.17) is 11.6 Å². The molecule has 0 amide bonds. The molecule has 25 heavy (non-hydrogen) atoms. The van der Waals surface area contributed by atoms with Crippen LogP contribution in [-0.4, -0.2) is 10.1 Å². The van der Waals surface area contributed by atoms with Crippen molar-refractivity contribution in [2.24, 2.45) is 0 Å². The van der Waals surface area contributed by atoms with Crippen molar-refractivity contribution in [3.8, 4) is 0 Å². The van der Waals surface area contributed by atoms with Gasteiger partial charge in [0.2, 0.25) is 0 Å². The monoisotopic (exact) mass is 347 g/mol. The standard InChI is InChI=1S/C22H18ClNO/c23-21-5-1-4-20(15-21)22(25)13-12-18-8-6-17(7-9-18)10-11-19-3-2-14-24-16-19/h1-16,22,25H/b11-10?,13-12+. The molecule has 1 unspecified atom stereocenters. The molecule has 0 aliphatic heterocycles. The number of aliphatic hydroxyl groups is 1. The largest absolute Gasteiger partial charge is 0.384 e. The minimum atomic E-state index is -0.677. The van der Waals surface area contributed by atoms with Gasteiger partial charge >= 0.3 is 0 Å². The molecule has 0 saturated carbocycles. The highest BCUT2D eigenvalue weighted by molar-refractivity contribution is 6.30. The summed E-state index contributed by atoms with van der Waals surface area (Å²) < 4.78 is 0. The van der Waals surface area contributed by atoms with Crippen molar-refractivity contribution < 1.29 is 5.11 Å². The number of nitrogens with zero attached hydrogens (tertiary/aromatic N) is 1. The van der Waals surface area contributed by atoms with E-state index in [9.17, 15) is 5.11 Å². The Balaban J connectivity index is 1.65. The summed E-state index contributed by atoms with van der Waals surface area (Å²) in [7, 11) is 0. The number of rotatable bonds is 5. The van der Waals surface area contributed by atoms with Crippen LogP contribution in [0.4, 0.5) is 0 Å². The molecule has 0 radical (unpaired) electrons. The number of hydrogen-bond donors (Lipinski definition) is 1. The minimum absolute atomic E-state index is 0.620. The Morgan fingerprint density at radius 2 is 1.56 bits per heavy atom. The third-order valence-corrected chi connectivity index (χ3v) is 3.99. The average molecular weight is 348 g/mol. The molecule has 3 heteroatoms. The summed E-state index contributed by atoms with van der Waals surface area (Å²) >= 11 is 5.95. The van der Waals surface area contributed by atoms with E-state index < -0.39 is 6.10 Å². The second-order valence-electron chi connectivity index (χ2n) is 5.65. The fourth-order valence-electron chi connectivity index (χ4n) is 2.39. The zero-order chi connectivity index (χ0) is 17.5. The van der Waals surface area contributed by atoms with Gasteiger partial charge in [0.05, 0.1) is 6.10 Å². The first-order valence-electron chi connectivity index (χ1n) is 8.01. The number of aliphatic hydroxyl groups excluding tert-OH is 1. The zero-order valence-electron chi connectivity index (χ0n) is 13.6. The van der Waals surface area contributed by atoms with Gasteiger partial charge < -0.3 is 5.11 Å². The first-order valence-corrected chi connectivity index (χ1v) is 8.38. The number of aromatic nitrogens is 1. The molecule has 3 aromatic rings. The summed E-state index contributed by atoms with van der Waals surface area (Å²) in [5, 5.41) is 10.8. The number of pyridine rings is 1. The third kappa shape index (κ3) is 5.15. The second kappa shape index (κ2) is 8.43. The maximum atomic E-state index is 10.2. The van der Waals surface area contributed by atoms with E-state index in [1.807, 2.05) is 73.0 Å². The quantitative estimate of drug-likeness (QED) is 0.646. The number of hydrogen-bond acceptors (Lipinski definition) is 2. The lowest BCUT2D eigenvalue weighted by Gasteiger charge is -2.06. The van der Waals surface area contributed by atoms with Crippen LogP contribution >= 0.6 is 11.6 Å². The van der Waals surface area contributed by atoms with Gasteiger partial charge in [-0.25, -0.2) is 0 Å². The van der Waals surface area contributed by atoms with Gasteiger partial charge in [-0.2, -0.15) is 0 Å². The molecular weight excluding hydrogens is 330 g/mol. The smallest absolute Gasteiger partial charge is 0.0975 e. The molecule has 2 nitrogen and oxygen atoms in total. The molecule has 0 saturated heterocycles. The van der Waals surface area contributed by atoms with Gasteiger partial charge in [0, 0.05) is 17.4 Å². The summed E-state index contributed by atoms with van der Waals surface area (Å²) in [6.07, 6.45) is 10.6. The molecule has 3 rings (SSSR count). The maximum Gasteiger partial charge on any atom is 0.0975 e. The van der Waals surface area contributed by atoms with Gasteiger partial charge in [-0.05, 0) is 40.5 Å². The first-order chi connectivity index (χ1) is 12.2. The molecule has 0 fully saturated rings. The third-order valence-electron chi connectivity index (χ3n) is 3.75. The van der Waals surface area contributed by atoms with E-state index in [2.05, 4.69) is 4.98 Å². The van der Waals surface area contributed by atoms with Crippen molar-refractivity contribution in [2.75, 3.05) is 0 Å². The van der Waals surface area contributed by atoms with E-state index in [1.165, 1.54) is 0 Å². The second-order valence-corrected chi connectivity index (χ2v) is 6.08. The van der Waals surface area contributed by atoms with Crippen LogP contribution in [0.15, 0.2) is 79.1 Å². The normalized spacial score (nSPS) is 12.7. The van der Waals surface area contributed by atoms with Gasteiger partial charge in [-0.3, -0.25) is 4.98 Å². The molecule has 0 bridgehead atoms. The lowest BCUT2D eigenvalue weighted by molar-refractivity contribution is 0.229. The topological polar surface area (TPSA) is 33.1 Å². The molecule has 0 aliphatic carbocycles. The van der Waals surface area contributed by atoms with Crippen molar-refractivity contribution in [3.05, 3.63) is 106 Å². The highest BCUT2D eigenvalue weighted by Crippen LogP contribution is 2.20. The molecule has 1 atom stereocenters. The van der Waals surface area contributed by atoms with Crippen molar-refractivity contribution in [3.63, 3.8) is 0 Å². The van der Waals surface area contributed by atoms with E-state index in [-0.39, 0.29) is 0 Å². The van der Waals surface area contributed by atoms with E-state index in [0.717, 1.165) is 22.3 Å². The zero-order valence-corrected chi connectivity index (χ0v) is 14.3. The number of halogens is 1. The predicted molar refractivity (Wildman–Crippen MR) is 105 cm³/mol. The Morgan fingerprint density at radius 1 is 0.840 bits per heavy atom. The van der Waals surface area contributed by atoms with Crippen molar-refractivity contribution in [2.45, 2.75) is 6.10 Å². The molecule has 1 aromatic heterocycles. The maximum absolute atomic E-state index is 10.2. The Morgan fingerprint density at radius 3 is 2.24 bits per heavy atom. The van der Waals surface area contributed by atoms with Crippen LogP contribution in [-0.2, 0) is 0 Å². The summed E-state index contributed by atoms with van der Waals surface area (Å²) in [5.74, 6) is 0. The van der Waals surface area contributed by atoms with Crippen molar-refractivity contribution in [1.82, 2.24) is 4.98 Å². The van der Waals surface area contributed by atoms with Crippen molar-refractivity contribution >= 4 is 29.8 Å². The lowest BCUT2D eigenvalue weighted by Crippen LogP contribution is -1.92. The minimum Gasteiger partial charge on any atom is -0.384 e. The van der Waals surface area contributed by atoms with E-state index in [0.29, 0.717) is 5.02 Å². The van der Waals surface area contributed by atoms with Gasteiger partial charge in [-0.15, -0.1) is 0 Å². The Labute approximate surface area is 152 Å². The highest BCUT2D eigenvalue weighted by atomic mass is 35.5.